The molecule has 0 spiro atoms. The van der Waals surface area contributed by atoms with Crippen molar-refractivity contribution in [2.24, 2.45) is 0 Å². The molecule has 0 unspecified atom stereocenters. The van der Waals surface area contributed by atoms with Crippen molar-refractivity contribution < 1.29 is 0 Å². The average Bonchev–Trinajstić information content (AvgIpc) is 3.18. The van der Waals surface area contributed by atoms with Gasteiger partial charge in [0, 0.05) is 22.2 Å². The minimum absolute atomic E-state index is 0.424. The van der Waals surface area contributed by atoms with Gasteiger partial charge in [0.2, 0.25) is 0 Å². The Labute approximate surface area is 132 Å². The highest BCUT2D eigenvalue weighted by atomic mass is 79.9. The highest BCUT2D eigenvalue weighted by Crippen LogP contribution is 2.41. The summed E-state index contributed by atoms with van der Waals surface area (Å²) < 4.78 is 3.42. The molecule has 0 aliphatic heterocycles. The van der Waals surface area contributed by atoms with Crippen LogP contribution < -0.4 is 0 Å². The van der Waals surface area contributed by atoms with E-state index in [1.807, 2.05) is 0 Å². The van der Waals surface area contributed by atoms with Gasteiger partial charge >= 0.3 is 0 Å². The van der Waals surface area contributed by atoms with Crippen molar-refractivity contribution in [3.63, 3.8) is 0 Å². The number of hydrogen-bond acceptors (Lipinski definition) is 3. The molecule has 1 saturated carbocycles. The van der Waals surface area contributed by atoms with E-state index in [0.717, 1.165) is 15.4 Å². The first-order chi connectivity index (χ1) is 9.65. The molecule has 0 N–H and O–H groups in total. The molecule has 1 aromatic carbocycles. The topological polar surface area (TPSA) is 30.7 Å². The lowest BCUT2D eigenvalue weighted by molar-refractivity contribution is 0.526. The summed E-state index contributed by atoms with van der Waals surface area (Å²) in [6, 6.07) is 8.88. The van der Waals surface area contributed by atoms with Gasteiger partial charge in [0.05, 0.1) is 0 Å². The minimum Gasteiger partial charge on any atom is -0.303 e. The molecular formula is C15H18BrN3S. The molecule has 106 valence electrons. The van der Waals surface area contributed by atoms with Crippen molar-refractivity contribution in [3.05, 3.63) is 40.1 Å². The monoisotopic (exact) mass is 351 g/mol. The Morgan fingerprint density at radius 2 is 1.95 bits per heavy atom. The predicted molar refractivity (Wildman–Crippen MR) is 86.1 cm³/mol. The van der Waals surface area contributed by atoms with Gasteiger partial charge in [-0.2, -0.15) is 0 Å². The van der Waals surface area contributed by atoms with E-state index in [1.54, 1.807) is 11.8 Å². The van der Waals surface area contributed by atoms with Gasteiger partial charge < -0.3 is 4.57 Å². The fourth-order valence-electron chi connectivity index (χ4n) is 2.22. The molecule has 5 heteroatoms. The van der Waals surface area contributed by atoms with E-state index in [0.29, 0.717) is 12.0 Å². The Morgan fingerprint density at radius 3 is 2.55 bits per heavy atom. The van der Waals surface area contributed by atoms with Crippen molar-refractivity contribution >= 4 is 27.7 Å². The van der Waals surface area contributed by atoms with Gasteiger partial charge in [-0.25, -0.2) is 0 Å². The summed E-state index contributed by atoms with van der Waals surface area (Å²) in [5, 5.41) is 9.85. The van der Waals surface area contributed by atoms with E-state index >= 15 is 0 Å². The second-order valence-corrected chi connectivity index (χ2v) is 7.35. The number of aromatic nitrogens is 3. The van der Waals surface area contributed by atoms with Crippen LogP contribution in [0.2, 0.25) is 0 Å². The van der Waals surface area contributed by atoms with E-state index in [-0.39, 0.29) is 0 Å². The van der Waals surface area contributed by atoms with Gasteiger partial charge in [-0.15, -0.1) is 10.2 Å². The standard InChI is InChI=1S/C15H18BrN3S/c1-10(2)19-14(12-5-6-12)17-18-15(19)20-9-11-3-7-13(16)8-4-11/h3-4,7-8,10,12H,5-6,9H2,1-2H3. The first-order valence-electron chi connectivity index (χ1n) is 6.97. The normalized spacial score (nSPS) is 15.0. The Bertz CT molecular complexity index is 588. The van der Waals surface area contributed by atoms with Gasteiger partial charge in [0.1, 0.15) is 5.82 Å². The molecule has 0 atom stereocenters. The molecule has 1 aliphatic carbocycles. The number of halogens is 1. The fourth-order valence-corrected chi connectivity index (χ4v) is 3.52. The molecule has 1 fully saturated rings. The Balaban J connectivity index is 1.75. The number of rotatable bonds is 5. The molecule has 1 aromatic heterocycles. The molecule has 3 nitrogen and oxygen atoms in total. The summed E-state index contributed by atoms with van der Waals surface area (Å²) >= 11 is 5.24. The average molecular weight is 352 g/mol. The van der Waals surface area contributed by atoms with Gasteiger partial charge in [-0.3, -0.25) is 0 Å². The van der Waals surface area contributed by atoms with Crippen molar-refractivity contribution in [1.82, 2.24) is 14.8 Å². The third-order valence-corrected chi connectivity index (χ3v) is 4.97. The molecule has 1 heterocycles. The molecule has 0 amide bonds. The Kier molecular flexibility index (Phi) is 4.17. The van der Waals surface area contributed by atoms with Crippen LogP contribution in [-0.2, 0) is 5.75 Å². The van der Waals surface area contributed by atoms with Crippen LogP contribution in [0.25, 0.3) is 0 Å². The Hall–Kier alpha value is -0.810. The quantitative estimate of drug-likeness (QED) is 0.725. The van der Waals surface area contributed by atoms with Crippen molar-refractivity contribution in [1.29, 1.82) is 0 Å². The summed E-state index contributed by atoms with van der Waals surface area (Å²) in [4.78, 5) is 0. The van der Waals surface area contributed by atoms with Crippen LogP contribution in [0.1, 0.15) is 50.0 Å². The van der Waals surface area contributed by atoms with Crippen LogP contribution in [0, 0.1) is 0 Å². The predicted octanol–water partition coefficient (Wildman–Crippen LogP) is 4.79. The van der Waals surface area contributed by atoms with Crippen LogP contribution in [0.5, 0.6) is 0 Å². The summed E-state index contributed by atoms with van der Waals surface area (Å²) in [6.45, 7) is 4.41. The molecule has 1 aliphatic rings. The number of thioether (sulfide) groups is 1. The highest BCUT2D eigenvalue weighted by Gasteiger charge is 2.31. The van der Waals surface area contributed by atoms with E-state index in [2.05, 4.69) is 68.8 Å². The van der Waals surface area contributed by atoms with E-state index < -0.39 is 0 Å². The largest absolute Gasteiger partial charge is 0.303 e. The van der Waals surface area contributed by atoms with Crippen LogP contribution in [0.15, 0.2) is 33.9 Å². The van der Waals surface area contributed by atoms with Crippen LogP contribution in [0.3, 0.4) is 0 Å². The molecule has 3 rings (SSSR count). The van der Waals surface area contributed by atoms with Gasteiger partial charge in [0.15, 0.2) is 5.16 Å². The van der Waals surface area contributed by atoms with Gasteiger partial charge in [0.25, 0.3) is 0 Å². The summed E-state index contributed by atoms with van der Waals surface area (Å²) in [6.07, 6.45) is 2.53. The van der Waals surface area contributed by atoms with Crippen LogP contribution in [0.4, 0.5) is 0 Å². The fraction of sp³-hybridized carbons (Fsp3) is 0.467. The van der Waals surface area contributed by atoms with Crippen molar-refractivity contribution in [2.75, 3.05) is 0 Å². The maximum atomic E-state index is 4.41. The summed E-state index contributed by atoms with van der Waals surface area (Å²) in [7, 11) is 0. The first kappa shape index (κ1) is 14.1. The summed E-state index contributed by atoms with van der Waals surface area (Å²) in [5.74, 6) is 2.76. The van der Waals surface area contributed by atoms with Gasteiger partial charge in [-0.05, 0) is 44.4 Å². The van der Waals surface area contributed by atoms with Gasteiger partial charge in [-0.1, -0.05) is 39.8 Å². The zero-order valence-corrected chi connectivity index (χ0v) is 14.1. The Morgan fingerprint density at radius 1 is 1.25 bits per heavy atom. The number of nitrogens with zero attached hydrogens (tertiary/aromatic N) is 3. The van der Waals surface area contributed by atoms with Crippen LogP contribution >= 0.6 is 27.7 Å². The van der Waals surface area contributed by atoms with E-state index in [1.165, 1.54) is 24.2 Å². The molecule has 0 radical (unpaired) electrons. The SMILES string of the molecule is CC(C)n1c(SCc2ccc(Br)cc2)nnc1C1CC1. The second kappa shape index (κ2) is 5.90. The number of benzene rings is 1. The smallest absolute Gasteiger partial charge is 0.191 e. The lowest BCUT2D eigenvalue weighted by atomic mass is 10.2. The maximum Gasteiger partial charge on any atom is 0.191 e. The maximum absolute atomic E-state index is 4.41. The van der Waals surface area contributed by atoms with Crippen molar-refractivity contribution in [3.8, 4) is 0 Å². The molecule has 0 saturated heterocycles. The molecule has 2 aromatic rings. The highest BCUT2D eigenvalue weighted by molar-refractivity contribution is 9.10. The molecule has 0 bridgehead atoms. The third kappa shape index (κ3) is 3.09. The summed E-state index contributed by atoms with van der Waals surface area (Å²) in [5.41, 5.74) is 1.31. The number of hydrogen-bond donors (Lipinski definition) is 0. The molecule has 20 heavy (non-hydrogen) atoms. The molecular weight excluding hydrogens is 334 g/mol. The first-order valence-corrected chi connectivity index (χ1v) is 8.75. The lowest BCUT2D eigenvalue weighted by Crippen LogP contribution is -2.07. The second-order valence-electron chi connectivity index (χ2n) is 5.49. The lowest BCUT2D eigenvalue weighted by Gasteiger charge is -2.13. The van der Waals surface area contributed by atoms with Crippen LogP contribution in [-0.4, -0.2) is 14.8 Å². The third-order valence-electron chi connectivity index (χ3n) is 3.43. The zero-order valence-electron chi connectivity index (χ0n) is 11.7. The van der Waals surface area contributed by atoms with Crippen molar-refractivity contribution in [2.45, 2.75) is 49.6 Å². The minimum atomic E-state index is 0.424. The van der Waals surface area contributed by atoms with E-state index in [9.17, 15) is 0 Å². The van der Waals surface area contributed by atoms with E-state index in [4.69, 9.17) is 0 Å². The zero-order chi connectivity index (χ0) is 14.1.